The molecule has 3 aromatic rings. The minimum absolute atomic E-state index is 0.109. The molecule has 4 heteroatoms. The average molecular weight is 346 g/mol. The molecule has 26 heavy (non-hydrogen) atoms. The number of carbonyl (C=O) groups excluding carboxylic acids is 1. The van der Waals surface area contributed by atoms with Crippen molar-refractivity contribution < 1.29 is 20.1 Å². The van der Waals surface area contributed by atoms with Gasteiger partial charge in [0.05, 0.1) is 0 Å². The van der Waals surface area contributed by atoms with Gasteiger partial charge in [0.25, 0.3) is 0 Å². The van der Waals surface area contributed by atoms with Gasteiger partial charge in [0, 0.05) is 11.1 Å². The van der Waals surface area contributed by atoms with Crippen LogP contribution < -0.4 is 0 Å². The van der Waals surface area contributed by atoms with E-state index in [9.17, 15) is 20.1 Å². The van der Waals surface area contributed by atoms with Crippen molar-refractivity contribution in [3.05, 3.63) is 101 Å². The average Bonchev–Trinajstić information content (AvgIpc) is 2.68. The summed E-state index contributed by atoms with van der Waals surface area (Å²) < 4.78 is 0. The Morgan fingerprint density at radius 3 is 2.38 bits per heavy atom. The Morgan fingerprint density at radius 1 is 0.885 bits per heavy atom. The number of phenolic OH excluding ortho intramolecular Hbond substituents is 2. The molecule has 0 aliphatic carbocycles. The van der Waals surface area contributed by atoms with Gasteiger partial charge in [-0.2, -0.15) is 0 Å². The van der Waals surface area contributed by atoms with E-state index in [0.717, 1.165) is 5.56 Å². The largest absolute Gasteiger partial charge is 0.504 e. The van der Waals surface area contributed by atoms with Gasteiger partial charge in [0.2, 0.25) is 0 Å². The summed E-state index contributed by atoms with van der Waals surface area (Å²) in [7, 11) is 0. The van der Waals surface area contributed by atoms with Gasteiger partial charge < -0.3 is 15.3 Å². The Bertz CT molecular complexity index is 945. The van der Waals surface area contributed by atoms with Crippen LogP contribution in [0.25, 0.3) is 6.08 Å². The molecule has 1 atom stereocenters. The Hall–Kier alpha value is -3.37. The number of aliphatic hydroxyl groups is 1. The number of benzene rings is 3. The van der Waals surface area contributed by atoms with Crippen LogP contribution in [0.4, 0.5) is 0 Å². The Morgan fingerprint density at radius 2 is 1.62 bits per heavy atom. The maximum absolute atomic E-state index is 12.1. The number of aliphatic hydroxyl groups excluding tert-OH is 1. The monoisotopic (exact) mass is 346 g/mol. The molecule has 0 aliphatic rings. The van der Waals surface area contributed by atoms with E-state index in [2.05, 4.69) is 0 Å². The first-order valence-corrected chi connectivity index (χ1v) is 8.12. The van der Waals surface area contributed by atoms with Crippen molar-refractivity contribution in [3.8, 4) is 11.5 Å². The zero-order valence-electron chi connectivity index (χ0n) is 13.9. The lowest BCUT2D eigenvalue weighted by Crippen LogP contribution is -2.00. The fourth-order valence-electron chi connectivity index (χ4n) is 2.65. The first-order valence-electron chi connectivity index (χ1n) is 8.12. The maximum Gasteiger partial charge on any atom is 0.185 e. The van der Waals surface area contributed by atoms with E-state index in [1.807, 2.05) is 12.1 Å². The van der Waals surface area contributed by atoms with Gasteiger partial charge in [-0.1, -0.05) is 66.7 Å². The molecule has 0 bridgehead atoms. The standard InChI is InChI=1S/C22H18O4/c23-19(16-7-2-1-3-8-16)13-12-15-6-4-9-17(14-15)21(25)18-10-5-11-20(24)22(18)26/h1-14,21,24-26H. The van der Waals surface area contributed by atoms with Crippen molar-refractivity contribution in [2.45, 2.75) is 6.10 Å². The summed E-state index contributed by atoms with van der Waals surface area (Å²) in [6.45, 7) is 0. The molecule has 0 radical (unpaired) electrons. The van der Waals surface area contributed by atoms with Gasteiger partial charge in [0.15, 0.2) is 17.3 Å². The summed E-state index contributed by atoms with van der Waals surface area (Å²) in [6, 6.07) is 20.4. The van der Waals surface area contributed by atoms with Gasteiger partial charge in [-0.3, -0.25) is 4.79 Å². The summed E-state index contributed by atoms with van der Waals surface area (Å²) >= 11 is 0. The highest BCUT2D eigenvalue weighted by Gasteiger charge is 2.16. The number of para-hydroxylation sites is 1. The summed E-state index contributed by atoms with van der Waals surface area (Å²) in [4.78, 5) is 12.1. The molecular weight excluding hydrogens is 328 g/mol. The smallest absolute Gasteiger partial charge is 0.185 e. The van der Waals surface area contributed by atoms with Crippen LogP contribution in [0.1, 0.15) is 33.2 Å². The third kappa shape index (κ3) is 3.82. The third-order valence-corrected chi connectivity index (χ3v) is 4.05. The molecule has 0 heterocycles. The molecule has 0 aromatic heterocycles. The van der Waals surface area contributed by atoms with Gasteiger partial charge in [-0.25, -0.2) is 0 Å². The Kier molecular flexibility index (Phi) is 5.15. The molecule has 0 fully saturated rings. The number of allylic oxidation sites excluding steroid dienone is 1. The van der Waals surface area contributed by atoms with Crippen molar-refractivity contribution in [1.82, 2.24) is 0 Å². The maximum atomic E-state index is 12.1. The number of hydrogen-bond donors (Lipinski definition) is 3. The van der Waals surface area contributed by atoms with E-state index < -0.39 is 6.10 Å². The highest BCUT2D eigenvalue weighted by Crippen LogP contribution is 2.35. The van der Waals surface area contributed by atoms with E-state index in [-0.39, 0.29) is 22.8 Å². The lowest BCUT2D eigenvalue weighted by Gasteiger charge is -2.14. The number of ketones is 1. The number of hydrogen-bond acceptors (Lipinski definition) is 4. The van der Waals surface area contributed by atoms with Crippen LogP contribution in [-0.4, -0.2) is 21.1 Å². The number of rotatable bonds is 5. The highest BCUT2D eigenvalue weighted by molar-refractivity contribution is 6.06. The summed E-state index contributed by atoms with van der Waals surface area (Å²) in [5, 5.41) is 30.0. The second-order valence-electron chi connectivity index (χ2n) is 5.85. The number of aromatic hydroxyl groups is 2. The van der Waals surface area contributed by atoms with Gasteiger partial charge in [0.1, 0.15) is 6.10 Å². The molecule has 0 saturated carbocycles. The fraction of sp³-hybridized carbons (Fsp3) is 0.0455. The van der Waals surface area contributed by atoms with Crippen LogP contribution in [-0.2, 0) is 0 Å². The first kappa shape index (κ1) is 17.5. The molecule has 3 aromatic carbocycles. The van der Waals surface area contributed by atoms with E-state index in [1.165, 1.54) is 12.1 Å². The van der Waals surface area contributed by atoms with Crippen molar-refractivity contribution >= 4 is 11.9 Å². The fourth-order valence-corrected chi connectivity index (χ4v) is 2.65. The minimum Gasteiger partial charge on any atom is -0.504 e. The van der Waals surface area contributed by atoms with Crippen LogP contribution in [0.2, 0.25) is 0 Å². The van der Waals surface area contributed by atoms with Crippen molar-refractivity contribution in [3.63, 3.8) is 0 Å². The highest BCUT2D eigenvalue weighted by atomic mass is 16.3. The second kappa shape index (κ2) is 7.68. The topological polar surface area (TPSA) is 77.8 Å². The molecular formula is C22H18O4. The zero-order valence-corrected chi connectivity index (χ0v) is 13.9. The molecule has 1 unspecified atom stereocenters. The summed E-state index contributed by atoms with van der Waals surface area (Å²) in [5.74, 6) is -0.742. The minimum atomic E-state index is -1.10. The van der Waals surface area contributed by atoms with Crippen LogP contribution in [0.3, 0.4) is 0 Å². The molecule has 130 valence electrons. The Labute approximate surface area is 151 Å². The van der Waals surface area contributed by atoms with E-state index in [4.69, 9.17) is 0 Å². The van der Waals surface area contributed by atoms with E-state index >= 15 is 0 Å². The van der Waals surface area contributed by atoms with E-state index in [1.54, 1.807) is 60.7 Å². The number of carbonyl (C=O) groups is 1. The van der Waals surface area contributed by atoms with Crippen LogP contribution in [0.15, 0.2) is 78.9 Å². The van der Waals surface area contributed by atoms with Crippen molar-refractivity contribution in [1.29, 1.82) is 0 Å². The first-order chi connectivity index (χ1) is 12.6. The van der Waals surface area contributed by atoms with Gasteiger partial charge >= 0.3 is 0 Å². The number of phenols is 2. The molecule has 0 spiro atoms. The third-order valence-electron chi connectivity index (χ3n) is 4.05. The predicted molar refractivity (Wildman–Crippen MR) is 100 cm³/mol. The van der Waals surface area contributed by atoms with Crippen molar-refractivity contribution in [2.75, 3.05) is 0 Å². The predicted octanol–water partition coefficient (Wildman–Crippen LogP) is 4.08. The molecule has 0 amide bonds. The van der Waals surface area contributed by atoms with Crippen LogP contribution in [0, 0.1) is 0 Å². The zero-order chi connectivity index (χ0) is 18.5. The van der Waals surface area contributed by atoms with Crippen LogP contribution in [0.5, 0.6) is 11.5 Å². The van der Waals surface area contributed by atoms with Crippen molar-refractivity contribution in [2.24, 2.45) is 0 Å². The van der Waals surface area contributed by atoms with Gasteiger partial charge in [-0.15, -0.1) is 0 Å². The molecule has 0 aliphatic heterocycles. The Balaban J connectivity index is 1.83. The molecule has 3 N–H and O–H groups in total. The second-order valence-corrected chi connectivity index (χ2v) is 5.85. The summed E-state index contributed by atoms with van der Waals surface area (Å²) in [6.07, 6.45) is 2.06. The summed E-state index contributed by atoms with van der Waals surface area (Å²) in [5.41, 5.74) is 2.10. The lowest BCUT2D eigenvalue weighted by atomic mass is 9.98. The lowest BCUT2D eigenvalue weighted by molar-refractivity contribution is 0.104. The molecule has 3 rings (SSSR count). The molecule has 4 nitrogen and oxygen atoms in total. The quantitative estimate of drug-likeness (QED) is 0.370. The SMILES string of the molecule is O=C(C=Cc1cccc(C(O)c2cccc(O)c2O)c1)c1ccccc1. The van der Waals surface area contributed by atoms with E-state index in [0.29, 0.717) is 11.1 Å². The normalized spacial score (nSPS) is 12.2. The van der Waals surface area contributed by atoms with Gasteiger partial charge in [-0.05, 0) is 29.3 Å². The van der Waals surface area contributed by atoms with Crippen LogP contribution >= 0.6 is 0 Å². The molecule has 0 saturated heterocycles.